The van der Waals surface area contributed by atoms with Gasteiger partial charge in [0.05, 0.1) is 13.1 Å². The zero-order chi connectivity index (χ0) is 17.3. The molecule has 0 unspecified atom stereocenters. The number of hydrogen-bond acceptors (Lipinski definition) is 6. The Morgan fingerprint density at radius 1 is 1.48 bits per heavy atom. The van der Waals surface area contributed by atoms with Crippen LogP contribution in [0.1, 0.15) is 26.3 Å². The summed E-state index contributed by atoms with van der Waals surface area (Å²) in [5, 5.41) is 10.8. The topological polar surface area (TPSA) is 81.1 Å². The largest absolute Gasteiger partial charge is 0.464 e. The number of nitrogens with zero attached hydrogens (tertiary/aromatic N) is 2. The smallest absolute Gasteiger partial charge is 0.410 e. The van der Waals surface area contributed by atoms with E-state index in [1.807, 2.05) is 0 Å². The number of aliphatic hydroxyl groups is 1. The molecule has 0 saturated carbocycles. The van der Waals surface area contributed by atoms with Crippen LogP contribution in [0.4, 0.5) is 4.79 Å². The Morgan fingerprint density at radius 3 is 2.70 bits per heavy atom. The average molecular weight is 345 g/mol. The minimum atomic E-state index is -1.19. The van der Waals surface area contributed by atoms with Crippen LogP contribution in [0.3, 0.4) is 0 Å². The molecule has 1 aliphatic heterocycles. The number of rotatable bonds is 4. The fourth-order valence-corrected chi connectivity index (χ4v) is 2.29. The Morgan fingerprint density at radius 2 is 2.13 bits per heavy atom. The van der Waals surface area contributed by atoms with E-state index in [2.05, 4.69) is 4.98 Å². The number of halogens is 1. The van der Waals surface area contributed by atoms with Gasteiger partial charge in [0.25, 0.3) is 0 Å². The summed E-state index contributed by atoms with van der Waals surface area (Å²) in [5.74, 6) is 0.315. The molecule has 2 heterocycles. The summed E-state index contributed by atoms with van der Waals surface area (Å²) in [7, 11) is 1.49. The van der Waals surface area contributed by atoms with Crippen LogP contribution in [0, 0.1) is 0 Å². The molecule has 0 atom stereocenters. The highest BCUT2D eigenvalue weighted by atomic mass is 35.5. The van der Waals surface area contributed by atoms with E-state index in [1.54, 1.807) is 26.8 Å². The van der Waals surface area contributed by atoms with E-state index in [-0.39, 0.29) is 25.0 Å². The summed E-state index contributed by atoms with van der Waals surface area (Å²) in [4.78, 5) is 17.4. The molecule has 128 valence electrons. The Kier molecular flexibility index (Phi) is 5.03. The SMILES string of the molecule is COCOc1cc(C2(O)CN(C(=O)OC(C)(C)C)C2)cnc1Cl. The van der Waals surface area contributed by atoms with Gasteiger partial charge in [-0.1, -0.05) is 11.6 Å². The van der Waals surface area contributed by atoms with Gasteiger partial charge in [0, 0.05) is 18.9 Å². The lowest BCUT2D eigenvalue weighted by Crippen LogP contribution is -2.61. The van der Waals surface area contributed by atoms with Crippen molar-refractivity contribution in [2.45, 2.75) is 32.0 Å². The second kappa shape index (κ2) is 6.51. The van der Waals surface area contributed by atoms with E-state index < -0.39 is 17.3 Å². The van der Waals surface area contributed by atoms with Gasteiger partial charge in [0.2, 0.25) is 0 Å². The summed E-state index contributed by atoms with van der Waals surface area (Å²) >= 11 is 5.94. The molecule has 23 heavy (non-hydrogen) atoms. The van der Waals surface area contributed by atoms with Crippen LogP contribution < -0.4 is 4.74 Å². The first-order valence-corrected chi connectivity index (χ1v) is 7.50. The Balaban J connectivity index is 2.05. The summed E-state index contributed by atoms with van der Waals surface area (Å²) in [6.07, 6.45) is 1.01. The van der Waals surface area contributed by atoms with Crippen molar-refractivity contribution in [3.8, 4) is 5.75 Å². The summed E-state index contributed by atoms with van der Waals surface area (Å²) in [6, 6.07) is 1.60. The number of aromatic nitrogens is 1. The molecule has 1 fully saturated rings. The van der Waals surface area contributed by atoms with Crippen LogP contribution in [-0.2, 0) is 15.1 Å². The van der Waals surface area contributed by atoms with Crippen LogP contribution in [0.2, 0.25) is 5.15 Å². The van der Waals surface area contributed by atoms with E-state index in [0.29, 0.717) is 11.3 Å². The monoisotopic (exact) mass is 344 g/mol. The Labute approximate surface area is 140 Å². The lowest BCUT2D eigenvalue weighted by molar-refractivity contribution is -0.104. The average Bonchev–Trinajstić information content (AvgIpc) is 2.41. The molecule has 1 amide bonds. The number of amides is 1. The molecule has 0 spiro atoms. The Hall–Kier alpha value is -1.57. The highest BCUT2D eigenvalue weighted by Gasteiger charge is 2.47. The molecule has 1 saturated heterocycles. The molecule has 2 rings (SSSR count). The molecule has 1 aromatic heterocycles. The van der Waals surface area contributed by atoms with Crippen molar-refractivity contribution in [1.29, 1.82) is 0 Å². The lowest BCUT2D eigenvalue weighted by atomic mass is 9.87. The maximum Gasteiger partial charge on any atom is 0.410 e. The van der Waals surface area contributed by atoms with Crippen molar-refractivity contribution in [2.24, 2.45) is 0 Å². The first-order chi connectivity index (χ1) is 10.6. The zero-order valence-electron chi connectivity index (χ0n) is 13.6. The molecule has 0 radical (unpaired) electrons. The molecular formula is C15H21ClN2O5. The van der Waals surface area contributed by atoms with Crippen molar-refractivity contribution in [1.82, 2.24) is 9.88 Å². The van der Waals surface area contributed by atoms with Gasteiger partial charge in [-0.3, -0.25) is 0 Å². The number of carbonyl (C=O) groups excluding carboxylic acids is 1. The third-order valence-corrected chi connectivity index (χ3v) is 3.52. The highest BCUT2D eigenvalue weighted by Crippen LogP contribution is 2.35. The third-order valence-electron chi connectivity index (χ3n) is 3.23. The van der Waals surface area contributed by atoms with E-state index in [4.69, 9.17) is 25.8 Å². The van der Waals surface area contributed by atoms with Crippen LogP contribution in [0.5, 0.6) is 5.75 Å². The van der Waals surface area contributed by atoms with E-state index >= 15 is 0 Å². The molecule has 1 aliphatic rings. The third kappa shape index (κ3) is 4.25. The first-order valence-electron chi connectivity index (χ1n) is 7.13. The molecule has 7 nitrogen and oxygen atoms in total. The maximum absolute atomic E-state index is 11.9. The predicted molar refractivity (Wildman–Crippen MR) is 83.5 cm³/mol. The van der Waals surface area contributed by atoms with Gasteiger partial charge < -0.3 is 24.2 Å². The van der Waals surface area contributed by atoms with Crippen molar-refractivity contribution in [2.75, 3.05) is 27.0 Å². The van der Waals surface area contributed by atoms with Gasteiger partial charge >= 0.3 is 6.09 Å². The van der Waals surface area contributed by atoms with Gasteiger partial charge in [-0.2, -0.15) is 0 Å². The van der Waals surface area contributed by atoms with Gasteiger partial charge in [-0.25, -0.2) is 9.78 Å². The second-order valence-corrected chi connectivity index (χ2v) is 6.79. The molecule has 0 aliphatic carbocycles. The zero-order valence-corrected chi connectivity index (χ0v) is 14.4. The number of pyridine rings is 1. The fourth-order valence-electron chi connectivity index (χ4n) is 2.13. The number of β-amino-alcohol motifs (C(OH)–C–C–N with tert-alkyl or cyclic N) is 1. The number of methoxy groups -OCH3 is 1. The fraction of sp³-hybridized carbons (Fsp3) is 0.600. The quantitative estimate of drug-likeness (QED) is 0.666. The van der Waals surface area contributed by atoms with Crippen molar-refractivity contribution in [3.63, 3.8) is 0 Å². The highest BCUT2D eigenvalue weighted by molar-refractivity contribution is 6.30. The number of carbonyl (C=O) groups is 1. The van der Waals surface area contributed by atoms with Crippen LogP contribution >= 0.6 is 11.6 Å². The number of hydrogen-bond donors (Lipinski definition) is 1. The number of ether oxygens (including phenoxy) is 3. The van der Waals surface area contributed by atoms with Gasteiger partial charge in [-0.15, -0.1) is 0 Å². The van der Waals surface area contributed by atoms with Gasteiger partial charge in [0.15, 0.2) is 17.7 Å². The normalized spacial score (nSPS) is 16.7. The van der Waals surface area contributed by atoms with Crippen LogP contribution in [0.15, 0.2) is 12.3 Å². The summed E-state index contributed by atoms with van der Waals surface area (Å²) in [6.45, 7) is 5.63. The molecule has 8 heteroatoms. The van der Waals surface area contributed by atoms with Crippen LogP contribution in [0.25, 0.3) is 0 Å². The lowest BCUT2D eigenvalue weighted by Gasteiger charge is -2.46. The van der Waals surface area contributed by atoms with E-state index in [1.165, 1.54) is 18.2 Å². The van der Waals surface area contributed by atoms with Gasteiger partial charge in [-0.05, 0) is 26.8 Å². The molecular weight excluding hydrogens is 324 g/mol. The molecule has 1 aromatic rings. The summed E-state index contributed by atoms with van der Waals surface area (Å²) < 4.78 is 15.4. The minimum Gasteiger partial charge on any atom is -0.464 e. The van der Waals surface area contributed by atoms with Crippen molar-refractivity contribution < 1.29 is 24.1 Å². The predicted octanol–water partition coefficient (Wildman–Crippen LogP) is 2.16. The molecule has 1 N–H and O–H groups in total. The maximum atomic E-state index is 11.9. The summed E-state index contributed by atoms with van der Waals surface area (Å²) in [5.41, 5.74) is -1.25. The van der Waals surface area contributed by atoms with E-state index in [9.17, 15) is 9.90 Å². The molecule has 0 bridgehead atoms. The van der Waals surface area contributed by atoms with Crippen molar-refractivity contribution in [3.05, 3.63) is 23.0 Å². The minimum absolute atomic E-state index is 0.0211. The van der Waals surface area contributed by atoms with Crippen molar-refractivity contribution >= 4 is 17.7 Å². The van der Waals surface area contributed by atoms with Crippen LogP contribution in [-0.4, -0.2) is 53.7 Å². The first kappa shape index (κ1) is 17.8. The van der Waals surface area contributed by atoms with Gasteiger partial charge in [0.1, 0.15) is 11.2 Å². The number of likely N-dealkylation sites (tertiary alicyclic amines) is 1. The standard InChI is InChI=1S/C15H21ClN2O5/c1-14(2,3)23-13(19)18-7-15(20,8-18)10-5-11(22-9-21-4)12(16)17-6-10/h5-6,20H,7-9H2,1-4H3. The second-order valence-electron chi connectivity index (χ2n) is 6.43. The molecule has 0 aromatic carbocycles. The van der Waals surface area contributed by atoms with E-state index in [0.717, 1.165) is 0 Å². The Bertz CT molecular complexity index is 582.